The maximum Gasteiger partial charge on any atom is 0.312 e. The van der Waals surface area contributed by atoms with Gasteiger partial charge in [-0.1, -0.05) is 0 Å². The van der Waals surface area contributed by atoms with Crippen LogP contribution in [0.1, 0.15) is 51.9 Å². The van der Waals surface area contributed by atoms with Crippen LogP contribution >= 0.6 is 0 Å². The second-order valence-corrected chi connectivity index (χ2v) is 7.00. The topological polar surface area (TPSA) is 78.8 Å². The number of aliphatic carboxylic acids is 1. The Morgan fingerprint density at radius 2 is 1.65 bits per heavy atom. The van der Waals surface area contributed by atoms with E-state index in [2.05, 4.69) is 10.5 Å². The van der Waals surface area contributed by atoms with E-state index in [4.69, 9.17) is 5.11 Å². The molecule has 0 heterocycles. The van der Waals surface area contributed by atoms with Crippen molar-refractivity contribution < 1.29 is 14.7 Å². The number of nitrogens with one attached hydrogen (secondary N) is 1. The second kappa shape index (κ2) is 4.86. The molecular weight excluding hydrogens is 256 g/mol. The quantitative estimate of drug-likeness (QED) is 0.470. The molecule has 4 rings (SSSR count). The number of nitrogens with zero attached hydrogens (tertiary/aromatic N) is 1. The maximum atomic E-state index is 11.4. The van der Waals surface area contributed by atoms with Crippen LogP contribution in [0.2, 0.25) is 0 Å². The predicted octanol–water partition coefficient (Wildman–Crippen LogP) is 2.17. The number of carbonyl (C=O) groups is 2. The molecule has 0 radical (unpaired) electrons. The lowest BCUT2D eigenvalue weighted by atomic mass is 9.48. The first-order valence-corrected chi connectivity index (χ1v) is 7.52. The van der Waals surface area contributed by atoms with Gasteiger partial charge in [0.1, 0.15) is 6.42 Å². The van der Waals surface area contributed by atoms with Crippen LogP contribution in [-0.2, 0) is 9.59 Å². The molecular formula is C15H22N2O3. The predicted molar refractivity (Wildman–Crippen MR) is 74.1 cm³/mol. The second-order valence-electron chi connectivity index (χ2n) is 7.00. The van der Waals surface area contributed by atoms with Crippen LogP contribution in [-0.4, -0.2) is 22.7 Å². The van der Waals surface area contributed by atoms with Gasteiger partial charge in [-0.05, 0) is 63.2 Å². The normalized spacial score (nSPS) is 38.9. The summed E-state index contributed by atoms with van der Waals surface area (Å²) in [5.41, 5.74) is 3.57. The Balaban J connectivity index is 1.68. The molecule has 4 aliphatic rings. The number of carboxylic acid groups (broad SMARTS) is 1. The highest BCUT2D eigenvalue weighted by atomic mass is 16.4. The standard InChI is InChI=1S/C15H22N2O3/c1-9(16-17-13(18)5-14(19)20)15-6-10-2-11(7-15)4-12(3-10)8-15/h10-12H,2-8H2,1H3,(H,17,18)(H,19,20)/b16-9+. The van der Waals surface area contributed by atoms with Crippen LogP contribution in [0, 0.1) is 23.2 Å². The molecule has 0 aromatic carbocycles. The third-order valence-electron chi connectivity index (χ3n) is 5.47. The third-order valence-corrected chi connectivity index (χ3v) is 5.47. The van der Waals surface area contributed by atoms with E-state index >= 15 is 0 Å². The van der Waals surface area contributed by atoms with Crippen molar-refractivity contribution in [2.45, 2.75) is 51.9 Å². The van der Waals surface area contributed by atoms with E-state index in [1.54, 1.807) is 0 Å². The summed E-state index contributed by atoms with van der Waals surface area (Å²) in [5.74, 6) is 0.843. The summed E-state index contributed by atoms with van der Waals surface area (Å²) in [6.07, 6.45) is 7.20. The Bertz CT molecular complexity index is 434. The summed E-state index contributed by atoms with van der Waals surface area (Å²) < 4.78 is 0. The molecule has 4 bridgehead atoms. The largest absolute Gasteiger partial charge is 0.481 e. The molecule has 0 spiro atoms. The molecule has 0 aromatic rings. The molecule has 110 valence electrons. The highest BCUT2D eigenvalue weighted by Crippen LogP contribution is 2.60. The average Bonchev–Trinajstić information content (AvgIpc) is 2.33. The first-order valence-electron chi connectivity index (χ1n) is 7.52. The Kier molecular flexibility index (Phi) is 3.30. The van der Waals surface area contributed by atoms with Crippen molar-refractivity contribution in [2.24, 2.45) is 28.3 Å². The molecule has 5 heteroatoms. The minimum atomic E-state index is -1.12. The lowest BCUT2D eigenvalue weighted by molar-refractivity contribution is -0.140. The zero-order valence-corrected chi connectivity index (χ0v) is 11.9. The molecule has 5 nitrogen and oxygen atoms in total. The van der Waals surface area contributed by atoms with Crippen molar-refractivity contribution >= 4 is 17.6 Å². The summed E-state index contributed by atoms with van der Waals surface area (Å²) in [6, 6.07) is 0. The molecule has 0 aliphatic heterocycles. The summed E-state index contributed by atoms with van der Waals surface area (Å²) in [4.78, 5) is 21.9. The van der Waals surface area contributed by atoms with Gasteiger partial charge >= 0.3 is 5.97 Å². The molecule has 4 saturated carbocycles. The minimum Gasteiger partial charge on any atom is -0.481 e. The van der Waals surface area contributed by atoms with Crippen LogP contribution in [0.3, 0.4) is 0 Å². The molecule has 20 heavy (non-hydrogen) atoms. The molecule has 0 saturated heterocycles. The van der Waals surface area contributed by atoms with Crippen LogP contribution in [0.4, 0.5) is 0 Å². The van der Waals surface area contributed by atoms with E-state index in [0.29, 0.717) is 0 Å². The summed E-state index contributed by atoms with van der Waals surface area (Å²) in [5, 5.41) is 12.8. The van der Waals surface area contributed by atoms with Crippen molar-refractivity contribution in [2.75, 3.05) is 0 Å². The Hall–Kier alpha value is -1.39. The number of hydrogen-bond donors (Lipinski definition) is 2. The van der Waals surface area contributed by atoms with Crippen molar-refractivity contribution in [3.05, 3.63) is 0 Å². The summed E-state index contributed by atoms with van der Waals surface area (Å²) >= 11 is 0. The van der Waals surface area contributed by atoms with Crippen molar-refractivity contribution in [1.82, 2.24) is 5.43 Å². The number of rotatable bonds is 4. The Labute approximate surface area is 118 Å². The van der Waals surface area contributed by atoms with Gasteiger partial charge in [0, 0.05) is 11.1 Å². The fraction of sp³-hybridized carbons (Fsp3) is 0.800. The van der Waals surface area contributed by atoms with Crippen LogP contribution in [0.5, 0.6) is 0 Å². The zero-order valence-electron chi connectivity index (χ0n) is 11.9. The highest BCUT2D eigenvalue weighted by molar-refractivity contribution is 5.95. The third kappa shape index (κ3) is 2.45. The zero-order chi connectivity index (χ0) is 14.3. The fourth-order valence-electron chi connectivity index (χ4n) is 5.00. The SMILES string of the molecule is C/C(=N\NC(=O)CC(=O)O)C12CC3CC(CC(C3)C1)C2. The van der Waals surface area contributed by atoms with Gasteiger partial charge in [0.15, 0.2) is 0 Å². The number of hydrogen-bond acceptors (Lipinski definition) is 3. The number of carbonyl (C=O) groups excluding carboxylic acids is 1. The van der Waals surface area contributed by atoms with Gasteiger partial charge in [0.25, 0.3) is 5.91 Å². The highest BCUT2D eigenvalue weighted by Gasteiger charge is 2.52. The number of hydrazone groups is 1. The summed E-state index contributed by atoms with van der Waals surface area (Å²) in [7, 11) is 0. The van der Waals surface area contributed by atoms with E-state index in [-0.39, 0.29) is 5.41 Å². The lowest BCUT2D eigenvalue weighted by Gasteiger charge is -2.56. The Morgan fingerprint density at radius 3 is 2.10 bits per heavy atom. The van der Waals surface area contributed by atoms with Gasteiger partial charge < -0.3 is 5.11 Å². The van der Waals surface area contributed by atoms with Crippen molar-refractivity contribution in [1.29, 1.82) is 0 Å². The molecule has 0 aromatic heterocycles. The molecule has 1 amide bonds. The van der Waals surface area contributed by atoms with E-state index < -0.39 is 18.3 Å². The molecule has 4 fully saturated rings. The van der Waals surface area contributed by atoms with Crippen molar-refractivity contribution in [3.8, 4) is 0 Å². The first kappa shape index (κ1) is 13.6. The fourth-order valence-corrected chi connectivity index (χ4v) is 5.00. The molecule has 0 unspecified atom stereocenters. The van der Waals surface area contributed by atoms with E-state index in [0.717, 1.165) is 23.5 Å². The van der Waals surface area contributed by atoms with Crippen LogP contribution in [0.25, 0.3) is 0 Å². The van der Waals surface area contributed by atoms with Gasteiger partial charge in [-0.25, -0.2) is 5.43 Å². The van der Waals surface area contributed by atoms with Crippen LogP contribution < -0.4 is 5.43 Å². The van der Waals surface area contributed by atoms with Gasteiger partial charge in [-0.3, -0.25) is 9.59 Å². The van der Waals surface area contributed by atoms with E-state index in [9.17, 15) is 9.59 Å². The average molecular weight is 278 g/mol. The van der Waals surface area contributed by atoms with Gasteiger partial charge in [0.05, 0.1) is 0 Å². The smallest absolute Gasteiger partial charge is 0.312 e. The van der Waals surface area contributed by atoms with E-state index in [1.807, 2.05) is 6.92 Å². The monoisotopic (exact) mass is 278 g/mol. The molecule has 2 N–H and O–H groups in total. The molecule has 4 aliphatic carbocycles. The number of amides is 1. The lowest BCUT2D eigenvalue weighted by Crippen LogP contribution is -2.49. The van der Waals surface area contributed by atoms with Crippen molar-refractivity contribution in [3.63, 3.8) is 0 Å². The van der Waals surface area contributed by atoms with Gasteiger partial charge in [0.2, 0.25) is 0 Å². The maximum absolute atomic E-state index is 11.4. The Morgan fingerprint density at radius 1 is 1.15 bits per heavy atom. The van der Waals surface area contributed by atoms with Gasteiger partial charge in [-0.2, -0.15) is 5.10 Å². The first-order chi connectivity index (χ1) is 9.47. The van der Waals surface area contributed by atoms with E-state index in [1.165, 1.54) is 38.5 Å². The number of carboxylic acids is 1. The van der Waals surface area contributed by atoms with Gasteiger partial charge in [-0.15, -0.1) is 0 Å². The minimum absolute atomic E-state index is 0.172. The molecule has 0 atom stereocenters. The van der Waals surface area contributed by atoms with Crippen LogP contribution in [0.15, 0.2) is 5.10 Å². The summed E-state index contributed by atoms with van der Waals surface area (Å²) in [6.45, 7) is 1.99.